The molecule has 0 spiro atoms. The van der Waals surface area contributed by atoms with Crippen LogP contribution in [0.2, 0.25) is 0 Å². The van der Waals surface area contributed by atoms with Crippen LogP contribution in [0.1, 0.15) is 29.2 Å². The first kappa shape index (κ1) is 20.4. The minimum atomic E-state index is 1.14. The van der Waals surface area contributed by atoms with Gasteiger partial charge in [-0.1, -0.05) is 103 Å². The fraction of sp³-hybridized carbons (Fsp3) is 0.0667. The first-order chi connectivity index (χ1) is 15.2. The van der Waals surface area contributed by atoms with Crippen molar-refractivity contribution in [3.8, 4) is 0 Å². The molecule has 4 aromatic rings. The van der Waals surface area contributed by atoms with Crippen LogP contribution in [0.5, 0.6) is 0 Å². The van der Waals surface area contributed by atoms with Gasteiger partial charge >= 0.3 is 0 Å². The van der Waals surface area contributed by atoms with Crippen molar-refractivity contribution in [1.29, 1.82) is 0 Å². The van der Waals surface area contributed by atoms with E-state index in [1.54, 1.807) is 0 Å². The van der Waals surface area contributed by atoms with E-state index >= 15 is 0 Å². The summed E-state index contributed by atoms with van der Waals surface area (Å²) in [6, 6.07) is 38.3. The predicted molar refractivity (Wildman–Crippen MR) is 135 cm³/mol. The molecule has 4 rings (SSSR count). The molecule has 4 aromatic carbocycles. The molecule has 0 fully saturated rings. The quantitative estimate of drug-likeness (QED) is 0.293. The molecule has 152 valence electrons. The smallest absolute Gasteiger partial charge is 0.0456 e. The summed E-state index contributed by atoms with van der Waals surface area (Å²) in [6.07, 6.45) is 6.52. The second kappa shape index (κ2) is 9.77. The van der Waals surface area contributed by atoms with E-state index in [2.05, 4.69) is 140 Å². The molecule has 0 unspecified atom stereocenters. The lowest BCUT2D eigenvalue weighted by Crippen LogP contribution is -2.09. The molecule has 1 nitrogen and oxygen atoms in total. The standard InChI is InChI=1S/C30H27N/c1-24-13-19-29(20-14-24)31(23-25(2)28-11-7-4-8-12-28)30-21-17-27(18-22-30)16-15-26-9-5-3-6-10-26/h3-23H,1-2H3. The first-order valence-corrected chi connectivity index (χ1v) is 10.6. The Labute approximate surface area is 185 Å². The normalized spacial score (nSPS) is 11.6. The van der Waals surface area contributed by atoms with Gasteiger partial charge in [0.1, 0.15) is 0 Å². The maximum atomic E-state index is 2.26. The van der Waals surface area contributed by atoms with Crippen molar-refractivity contribution in [3.05, 3.63) is 138 Å². The first-order valence-electron chi connectivity index (χ1n) is 10.6. The number of hydrogen-bond donors (Lipinski definition) is 0. The molecule has 0 bridgehead atoms. The minimum Gasteiger partial charge on any atom is -0.317 e. The SMILES string of the molecule is CC(=CN(c1ccc(C)cc1)c1ccc(C=Cc2ccccc2)cc1)c1ccccc1. The Bertz CT molecular complexity index is 1150. The highest BCUT2D eigenvalue weighted by molar-refractivity contribution is 5.76. The highest BCUT2D eigenvalue weighted by Gasteiger charge is 2.08. The predicted octanol–water partition coefficient (Wildman–Crippen LogP) is 8.36. The Morgan fingerprint density at radius 2 is 1.06 bits per heavy atom. The van der Waals surface area contributed by atoms with Gasteiger partial charge in [-0.2, -0.15) is 0 Å². The van der Waals surface area contributed by atoms with Crippen LogP contribution in [0.25, 0.3) is 17.7 Å². The van der Waals surface area contributed by atoms with Crippen molar-refractivity contribution >= 4 is 29.1 Å². The van der Waals surface area contributed by atoms with Gasteiger partial charge in [-0.15, -0.1) is 0 Å². The lowest BCUT2D eigenvalue weighted by atomic mass is 10.1. The van der Waals surface area contributed by atoms with Crippen molar-refractivity contribution in [2.24, 2.45) is 0 Å². The van der Waals surface area contributed by atoms with Crippen LogP contribution in [-0.2, 0) is 0 Å². The van der Waals surface area contributed by atoms with Gasteiger partial charge in [-0.25, -0.2) is 0 Å². The van der Waals surface area contributed by atoms with E-state index in [4.69, 9.17) is 0 Å². The Morgan fingerprint density at radius 1 is 0.581 bits per heavy atom. The van der Waals surface area contributed by atoms with Crippen molar-refractivity contribution in [1.82, 2.24) is 0 Å². The maximum absolute atomic E-state index is 2.26. The highest BCUT2D eigenvalue weighted by Crippen LogP contribution is 2.29. The fourth-order valence-corrected chi connectivity index (χ4v) is 3.48. The largest absolute Gasteiger partial charge is 0.317 e. The van der Waals surface area contributed by atoms with Crippen molar-refractivity contribution in [2.75, 3.05) is 4.90 Å². The number of hydrogen-bond acceptors (Lipinski definition) is 1. The van der Waals surface area contributed by atoms with E-state index in [9.17, 15) is 0 Å². The molecule has 0 aromatic heterocycles. The third kappa shape index (κ3) is 5.40. The summed E-state index contributed by atoms with van der Waals surface area (Å²) in [5, 5.41) is 0. The van der Waals surface area contributed by atoms with Crippen LogP contribution in [0, 0.1) is 6.92 Å². The lowest BCUT2D eigenvalue weighted by Gasteiger charge is -2.23. The molecule has 0 heterocycles. The zero-order chi connectivity index (χ0) is 21.5. The number of anilines is 2. The van der Waals surface area contributed by atoms with Gasteiger partial charge in [-0.05, 0) is 60.4 Å². The van der Waals surface area contributed by atoms with E-state index in [1.807, 2.05) is 6.07 Å². The monoisotopic (exact) mass is 401 g/mol. The van der Waals surface area contributed by atoms with Gasteiger partial charge in [0.05, 0.1) is 0 Å². The summed E-state index contributed by atoms with van der Waals surface area (Å²) in [5.74, 6) is 0. The molecule has 0 saturated carbocycles. The molecule has 0 aliphatic rings. The van der Waals surface area contributed by atoms with Crippen molar-refractivity contribution in [2.45, 2.75) is 13.8 Å². The van der Waals surface area contributed by atoms with E-state index in [1.165, 1.54) is 27.8 Å². The summed E-state index contributed by atoms with van der Waals surface area (Å²) in [4.78, 5) is 2.26. The van der Waals surface area contributed by atoms with Crippen molar-refractivity contribution in [3.63, 3.8) is 0 Å². The molecule has 0 atom stereocenters. The third-order valence-electron chi connectivity index (χ3n) is 5.30. The van der Waals surface area contributed by atoms with Crippen LogP contribution in [0.15, 0.2) is 115 Å². The van der Waals surface area contributed by atoms with Crippen LogP contribution in [-0.4, -0.2) is 0 Å². The molecule has 0 amide bonds. The van der Waals surface area contributed by atoms with Gasteiger partial charge in [0.25, 0.3) is 0 Å². The van der Waals surface area contributed by atoms with Gasteiger partial charge in [0, 0.05) is 17.6 Å². The molecule has 0 saturated heterocycles. The summed E-state index contributed by atoms with van der Waals surface area (Å²) in [5.41, 5.74) is 8.36. The van der Waals surface area contributed by atoms with E-state index in [0.29, 0.717) is 0 Å². The van der Waals surface area contributed by atoms with Crippen LogP contribution < -0.4 is 4.90 Å². The molecular formula is C30H27N. The number of aryl methyl sites for hydroxylation is 1. The number of rotatable bonds is 6. The van der Waals surface area contributed by atoms with E-state index in [0.717, 1.165) is 11.4 Å². The van der Waals surface area contributed by atoms with Gasteiger partial charge in [0.2, 0.25) is 0 Å². The molecule has 0 aliphatic heterocycles. The van der Waals surface area contributed by atoms with Crippen molar-refractivity contribution < 1.29 is 0 Å². The maximum Gasteiger partial charge on any atom is 0.0456 e. The van der Waals surface area contributed by atoms with Gasteiger partial charge < -0.3 is 4.90 Å². The van der Waals surface area contributed by atoms with E-state index in [-0.39, 0.29) is 0 Å². The molecule has 31 heavy (non-hydrogen) atoms. The lowest BCUT2D eigenvalue weighted by molar-refractivity contribution is 1.27. The summed E-state index contributed by atoms with van der Waals surface area (Å²) in [7, 11) is 0. The average molecular weight is 402 g/mol. The van der Waals surface area contributed by atoms with Gasteiger partial charge in [0.15, 0.2) is 0 Å². The van der Waals surface area contributed by atoms with Crippen LogP contribution in [0.4, 0.5) is 11.4 Å². The zero-order valence-electron chi connectivity index (χ0n) is 18.1. The molecule has 0 radical (unpaired) electrons. The van der Waals surface area contributed by atoms with E-state index < -0.39 is 0 Å². The van der Waals surface area contributed by atoms with Gasteiger partial charge in [-0.3, -0.25) is 0 Å². The number of benzene rings is 4. The Morgan fingerprint density at radius 3 is 1.65 bits per heavy atom. The average Bonchev–Trinajstić information content (AvgIpc) is 2.83. The zero-order valence-corrected chi connectivity index (χ0v) is 18.1. The topological polar surface area (TPSA) is 3.24 Å². The summed E-state index contributed by atoms with van der Waals surface area (Å²) >= 11 is 0. The van der Waals surface area contributed by atoms with Crippen LogP contribution in [0.3, 0.4) is 0 Å². The summed E-state index contributed by atoms with van der Waals surface area (Å²) < 4.78 is 0. The Balaban J connectivity index is 1.65. The minimum absolute atomic E-state index is 1.14. The van der Waals surface area contributed by atoms with Crippen LogP contribution >= 0.6 is 0 Å². The Hall–Kier alpha value is -3.84. The molecule has 0 aliphatic carbocycles. The second-order valence-corrected chi connectivity index (χ2v) is 7.72. The summed E-state index contributed by atoms with van der Waals surface area (Å²) in [6.45, 7) is 4.28. The third-order valence-corrected chi connectivity index (χ3v) is 5.30. The highest BCUT2D eigenvalue weighted by atomic mass is 15.1. The fourth-order valence-electron chi connectivity index (χ4n) is 3.48. The molecule has 1 heteroatoms. The number of nitrogens with zero attached hydrogens (tertiary/aromatic N) is 1. The number of allylic oxidation sites excluding steroid dienone is 1. The molecule has 0 N–H and O–H groups in total. The molecular weight excluding hydrogens is 374 g/mol. The second-order valence-electron chi connectivity index (χ2n) is 7.72. The Kier molecular flexibility index (Phi) is 6.44.